The van der Waals surface area contributed by atoms with Crippen LogP contribution in [-0.2, 0) is 15.4 Å². The Labute approximate surface area is 256 Å². The van der Waals surface area contributed by atoms with E-state index >= 15 is 0 Å². The van der Waals surface area contributed by atoms with Crippen molar-refractivity contribution in [2.24, 2.45) is 0 Å². The Morgan fingerprint density at radius 2 is 1.42 bits per heavy atom. The van der Waals surface area contributed by atoms with Gasteiger partial charge in [-0.25, -0.2) is 13.4 Å². The predicted octanol–water partition coefficient (Wildman–Crippen LogP) is 8.63. The number of rotatable bonds is 7. The molecule has 0 radical (unpaired) electrons. The minimum atomic E-state index is -3.37. The molecule has 228 valence electrons. The van der Waals surface area contributed by atoms with E-state index in [0.29, 0.717) is 11.6 Å². The molecule has 0 amide bonds. The standard InChI is InChI=1S/C35H43N3O4S/c1-12-27-28(24-14-13-23-18-26(38-43(11,39)40)16-15-22(23)17-24)19-25(20-30(27)33(2,3)4)29-21-36-32(42-35(8,9)10)37-31(29)41-34(5,6)7/h12-21,38H,1H2,2-11H3. The lowest BCUT2D eigenvalue weighted by Gasteiger charge is -2.27. The van der Waals surface area contributed by atoms with E-state index in [2.05, 4.69) is 61.3 Å². The molecule has 0 spiro atoms. The number of ether oxygens (including phenoxy) is 2. The molecular weight excluding hydrogens is 558 g/mol. The van der Waals surface area contributed by atoms with Crippen molar-refractivity contribution in [1.29, 1.82) is 0 Å². The van der Waals surface area contributed by atoms with Gasteiger partial charge in [0.2, 0.25) is 15.9 Å². The lowest BCUT2D eigenvalue weighted by atomic mass is 9.79. The quantitative estimate of drug-likeness (QED) is 0.228. The van der Waals surface area contributed by atoms with Crippen LogP contribution in [0.1, 0.15) is 73.4 Å². The smallest absolute Gasteiger partial charge is 0.320 e. The Bertz CT molecular complexity index is 1790. The topological polar surface area (TPSA) is 90.4 Å². The van der Waals surface area contributed by atoms with Crippen molar-refractivity contribution in [2.45, 2.75) is 78.9 Å². The van der Waals surface area contributed by atoms with Gasteiger partial charge < -0.3 is 9.47 Å². The van der Waals surface area contributed by atoms with Gasteiger partial charge in [-0.15, -0.1) is 0 Å². The van der Waals surface area contributed by atoms with Crippen LogP contribution in [0.25, 0.3) is 39.1 Å². The molecule has 8 heteroatoms. The molecule has 4 rings (SSSR count). The number of nitrogens with one attached hydrogen (secondary N) is 1. The number of hydrogen-bond acceptors (Lipinski definition) is 6. The van der Waals surface area contributed by atoms with Crippen molar-refractivity contribution in [2.75, 3.05) is 11.0 Å². The first kappa shape index (κ1) is 32.0. The molecule has 0 aliphatic rings. The fourth-order valence-electron chi connectivity index (χ4n) is 4.82. The zero-order valence-corrected chi connectivity index (χ0v) is 27.7. The summed E-state index contributed by atoms with van der Waals surface area (Å²) in [5, 5.41) is 1.91. The summed E-state index contributed by atoms with van der Waals surface area (Å²) in [4.78, 5) is 9.27. The SMILES string of the molecule is C=Cc1c(-c2ccc3cc(NS(C)(=O)=O)ccc3c2)cc(-c2cnc(OC(C)(C)C)nc2OC(C)(C)C)cc1C(C)(C)C. The summed E-state index contributed by atoms with van der Waals surface area (Å²) in [6.07, 6.45) is 4.82. The first-order valence-electron chi connectivity index (χ1n) is 14.3. The second kappa shape index (κ2) is 11.3. The molecule has 1 N–H and O–H groups in total. The molecule has 0 fully saturated rings. The molecule has 0 unspecified atom stereocenters. The highest BCUT2D eigenvalue weighted by Crippen LogP contribution is 2.41. The van der Waals surface area contributed by atoms with Crippen LogP contribution in [0, 0.1) is 0 Å². The number of benzene rings is 3. The van der Waals surface area contributed by atoms with Gasteiger partial charge in [0.25, 0.3) is 0 Å². The average Bonchev–Trinajstić information content (AvgIpc) is 2.84. The summed E-state index contributed by atoms with van der Waals surface area (Å²) in [6.45, 7) is 22.6. The van der Waals surface area contributed by atoms with Crippen molar-refractivity contribution >= 4 is 32.6 Å². The van der Waals surface area contributed by atoms with Crippen molar-refractivity contribution in [3.63, 3.8) is 0 Å². The van der Waals surface area contributed by atoms with Gasteiger partial charge in [-0.2, -0.15) is 4.98 Å². The second-order valence-electron chi connectivity index (χ2n) is 13.9. The van der Waals surface area contributed by atoms with E-state index in [4.69, 9.17) is 14.5 Å². The van der Waals surface area contributed by atoms with Gasteiger partial charge in [0.15, 0.2) is 0 Å². The zero-order valence-electron chi connectivity index (χ0n) is 26.9. The van der Waals surface area contributed by atoms with Crippen LogP contribution >= 0.6 is 0 Å². The largest absolute Gasteiger partial charge is 0.471 e. The number of fused-ring (bicyclic) bond motifs is 1. The average molecular weight is 602 g/mol. The fourth-order valence-corrected chi connectivity index (χ4v) is 5.37. The van der Waals surface area contributed by atoms with Crippen molar-refractivity contribution < 1.29 is 17.9 Å². The minimum Gasteiger partial charge on any atom is -0.471 e. The number of anilines is 1. The lowest BCUT2D eigenvalue weighted by molar-refractivity contribution is 0.103. The highest BCUT2D eigenvalue weighted by atomic mass is 32.2. The van der Waals surface area contributed by atoms with Crippen molar-refractivity contribution in [1.82, 2.24) is 9.97 Å². The molecule has 3 aromatic carbocycles. The van der Waals surface area contributed by atoms with E-state index < -0.39 is 21.2 Å². The van der Waals surface area contributed by atoms with Gasteiger partial charge >= 0.3 is 6.01 Å². The number of aromatic nitrogens is 2. The lowest BCUT2D eigenvalue weighted by Crippen LogP contribution is -2.26. The first-order valence-corrected chi connectivity index (χ1v) is 16.2. The van der Waals surface area contributed by atoms with Gasteiger partial charge in [0, 0.05) is 11.9 Å². The van der Waals surface area contributed by atoms with Crippen molar-refractivity contribution in [3.8, 4) is 34.1 Å². The summed E-state index contributed by atoms with van der Waals surface area (Å²) >= 11 is 0. The van der Waals surface area contributed by atoms with Crippen LogP contribution in [0.5, 0.6) is 11.9 Å². The van der Waals surface area contributed by atoms with Crippen LogP contribution in [0.15, 0.2) is 61.3 Å². The van der Waals surface area contributed by atoms with E-state index in [1.165, 1.54) is 0 Å². The third-order valence-electron chi connectivity index (χ3n) is 6.49. The predicted molar refractivity (Wildman–Crippen MR) is 178 cm³/mol. The Kier molecular flexibility index (Phi) is 8.41. The van der Waals surface area contributed by atoms with Gasteiger partial charge in [-0.3, -0.25) is 4.72 Å². The first-order chi connectivity index (χ1) is 19.7. The van der Waals surface area contributed by atoms with Gasteiger partial charge in [0.1, 0.15) is 11.2 Å². The summed E-state index contributed by atoms with van der Waals surface area (Å²) in [7, 11) is -3.37. The van der Waals surface area contributed by atoms with Crippen LogP contribution in [-0.4, -0.2) is 35.8 Å². The van der Waals surface area contributed by atoms with Crippen LogP contribution in [0.2, 0.25) is 0 Å². The second-order valence-corrected chi connectivity index (χ2v) is 15.6. The summed E-state index contributed by atoms with van der Waals surface area (Å²) in [6, 6.07) is 16.3. The molecule has 0 atom stereocenters. The number of nitrogens with zero attached hydrogens (tertiary/aromatic N) is 2. The molecule has 0 bridgehead atoms. The maximum absolute atomic E-state index is 11.7. The normalized spacial score (nSPS) is 12.7. The molecule has 0 saturated carbocycles. The van der Waals surface area contributed by atoms with Crippen LogP contribution in [0.3, 0.4) is 0 Å². The number of hydrogen-bond donors (Lipinski definition) is 1. The third kappa shape index (κ3) is 8.14. The third-order valence-corrected chi connectivity index (χ3v) is 7.10. The molecule has 1 aromatic heterocycles. The van der Waals surface area contributed by atoms with Gasteiger partial charge in [0.05, 0.1) is 11.8 Å². The summed E-state index contributed by atoms with van der Waals surface area (Å²) < 4.78 is 38.4. The Morgan fingerprint density at radius 3 is 2.00 bits per heavy atom. The molecule has 0 aliphatic heterocycles. The van der Waals surface area contributed by atoms with Crippen molar-refractivity contribution in [3.05, 3.63) is 72.4 Å². The molecule has 4 aromatic rings. The molecule has 0 aliphatic carbocycles. The van der Waals surface area contributed by atoms with Crippen LogP contribution < -0.4 is 14.2 Å². The molecule has 43 heavy (non-hydrogen) atoms. The van der Waals surface area contributed by atoms with Gasteiger partial charge in [-0.1, -0.05) is 51.6 Å². The molecular formula is C35H43N3O4S. The van der Waals surface area contributed by atoms with Crippen LogP contribution in [0.4, 0.5) is 5.69 Å². The van der Waals surface area contributed by atoms with E-state index in [-0.39, 0.29) is 11.4 Å². The van der Waals surface area contributed by atoms with E-state index in [0.717, 1.165) is 50.4 Å². The molecule has 7 nitrogen and oxygen atoms in total. The summed E-state index contributed by atoms with van der Waals surface area (Å²) in [5.41, 5.74) is 5.22. The highest BCUT2D eigenvalue weighted by Gasteiger charge is 2.25. The Morgan fingerprint density at radius 1 is 0.791 bits per heavy atom. The molecule has 1 heterocycles. The van der Waals surface area contributed by atoms with Gasteiger partial charge in [-0.05, 0) is 116 Å². The highest BCUT2D eigenvalue weighted by molar-refractivity contribution is 7.92. The maximum atomic E-state index is 11.7. The monoisotopic (exact) mass is 601 g/mol. The Balaban J connectivity index is 1.95. The van der Waals surface area contributed by atoms with E-state index in [1.54, 1.807) is 12.3 Å². The zero-order chi connectivity index (χ0) is 32.0. The summed E-state index contributed by atoms with van der Waals surface area (Å²) in [5.74, 6) is 0.448. The molecule has 0 saturated heterocycles. The number of sulfonamides is 1. The fraction of sp³-hybridized carbons (Fsp3) is 0.371. The van der Waals surface area contributed by atoms with E-state index in [1.807, 2.05) is 65.8 Å². The Hall–Kier alpha value is -3.91. The maximum Gasteiger partial charge on any atom is 0.320 e. The van der Waals surface area contributed by atoms with E-state index in [9.17, 15) is 8.42 Å². The minimum absolute atomic E-state index is 0.196.